The molecule has 1 rings (SSSR count). The van der Waals surface area contributed by atoms with Crippen LogP contribution in [-0.2, 0) is 4.79 Å². The monoisotopic (exact) mass is 255 g/mol. The summed E-state index contributed by atoms with van der Waals surface area (Å²) in [5.41, 5.74) is 0. The first-order valence-corrected chi connectivity index (χ1v) is 7.26. The van der Waals surface area contributed by atoms with Gasteiger partial charge in [-0.3, -0.25) is 4.79 Å². The maximum absolute atomic E-state index is 12.2. The quantitative estimate of drug-likeness (QED) is 0.707. The molecule has 1 fully saturated rings. The number of nitrogens with zero attached hydrogens (tertiary/aromatic N) is 2. The van der Waals surface area contributed by atoms with Crippen molar-refractivity contribution in [3.63, 3.8) is 0 Å². The number of hydrogen-bond acceptors (Lipinski definition) is 3. The van der Waals surface area contributed by atoms with Gasteiger partial charge in [0.25, 0.3) is 0 Å². The fourth-order valence-electron chi connectivity index (χ4n) is 2.40. The molecule has 1 aliphatic heterocycles. The Bertz CT molecular complexity index is 237. The van der Waals surface area contributed by atoms with Crippen LogP contribution in [0.3, 0.4) is 0 Å². The largest absolute Gasteiger partial charge is 0.341 e. The summed E-state index contributed by atoms with van der Waals surface area (Å²) in [4.78, 5) is 16.4. The van der Waals surface area contributed by atoms with Crippen molar-refractivity contribution >= 4 is 5.91 Å². The summed E-state index contributed by atoms with van der Waals surface area (Å²) in [6.45, 7) is 7.07. The molecular formula is C14H29N3O. The van der Waals surface area contributed by atoms with E-state index in [1.165, 1.54) is 6.42 Å². The van der Waals surface area contributed by atoms with Crippen LogP contribution in [-0.4, -0.2) is 62.5 Å². The zero-order valence-electron chi connectivity index (χ0n) is 12.2. The predicted molar refractivity (Wildman–Crippen MR) is 75.6 cm³/mol. The summed E-state index contributed by atoms with van der Waals surface area (Å²) in [6.07, 6.45) is 4.05. The van der Waals surface area contributed by atoms with Gasteiger partial charge in [-0.15, -0.1) is 0 Å². The number of nitrogens with one attached hydrogen (secondary N) is 1. The molecule has 0 aliphatic carbocycles. The SMILES string of the molecule is CCCN(CCN(C)C)C(=O)CCC1CCNC1. The average Bonchev–Trinajstić information content (AvgIpc) is 2.84. The van der Waals surface area contributed by atoms with Crippen molar-refractivity contribution in [3.05, 3.63) is 0 Å². The van der Waals surface area contributed by atoms with Gasteiger partial charge >= 0.3 is 0 Å². The highest BCUT2D eigenvalue weighted by molar-refractivity contribution is 5.76. The fourth-order valence-corrected chi connectivity index (χ4v) is 2.40. The number of carbonyl (C=O) groups is 1. The second kappa shape index (κ2) is 8.48. The van der Waals surface area contributed by atoms with Crippen LogP contribution in [0.4, 0.5) is 0 Å². The normalized spacial score (nSPS) is 19.4. The smallest absolute Gasteiger partial charge is 0.222 e. The Hall–Kier alpha value is -0.610. The zero-order chi connectivity index (χ0) is 13.4. The topological polar surface area (TPSA) is 35.6 Å². The molecule has 1 amide bonds. The van der Waals surface area contributed by atoms with Gasteiger partial charge in [0.15, 0.2) is 0 Å². The lowest BCUT2D eigenvalue weighted by Crippen LogP contribution is -2.37. The lowest BCUT2D eigenvalue weighted by molar-refractivity contribution is -0.131. The van der Waals surface area contributed by atoms with Gasteiger partial charge in [-0.1, -0.05) is 6.92 Å². The summed E-state index contributed by atoms with van der Waals surface area (Å²) in [6, 6.07) is 0. The van der Waals surface area contributed by atoms with E-state index in [1.807, 2.05) is 4.90 Å². The third kappa shape index (κ3) is 5.83. The highest BCUT2D eigenvalue weighted by atomic mass is 16.2. The molecule has 1 heterocycles. The average molecular weight is 255 g/mol. The Kier molecular flexibility index (Phi) is 7.28. The van der Waals surface area contributed by atoms with E-state index in [-0.39, 0.29) is 0 Å². The van der Waals surface area contributed by atoms with E-state index in [0.29, 0.717) is 11.8 Å². The van der Waals surface area contributed by atoms with Crippen LogP contribution in [0.2, 0.25) is 0 Å². The maximum Gasteiger partial charge on any atom is 0.222 e. The van der Waals surface area contributed by atoms with Crippen LogP contribution in [0.15, 0.2) is 0 Å². The number of likely N-dealkylation sites (N-methyl/N-ethyl adjacent to an activating group) is 1. The molecule has 1 saturated heterocycles. The first kappa shape index (κ1) is 15.4. The molecule has 4 nitrogen and oxygen atoms in total. The molecule has 18 heavy (non-hydrogen) atoms. The molecule has 1 atom stereocenters. The third-order valence-electron chi connectivity index (χ3n) is 3.59. The molecule has 1 unspecified atom stereocenters. The zero-order valence-corrected chi connectivity index (χ0v) is 12.2. The standard InChI is InChI=1S/C14H29N3O/c1-4-9-17(11-10-16(2)3)14(18)6-5-13-7-8-15-12-13/h13,15H,4-12H2,1-3H3. The Morgan fingerprint density at radius 3 is 2.61 bits per heavy atom. The molecule has 0 spiro atoms. The molecule has 106 valence electrons. The molecule has 0 aromatic carbocycles. The summed E-state index contributed by atoms with van der Waals surface area (Å²) < 4.78 is 0. The van der Waals surface area contributed by atoms with E-state index in [9.17, 15) is 4.79 Å². The van der Waals surface area contributed by atoms with Gasteiger partial charge in [-0.2, -0.15) is 0 Å². The second-order valence-electron chi connectivity index (χ2n) is 5.58. The summed E-state index contributed by atoms with van der Waals surface area (Å²) >= 11 is 0. The van der Waals surface area contributed by atoms with Crippen molar-refractivity contribution in [2.75, 3.05) is 46.8 Å². The van der Waals surface area contributed by atoms with Gasteiger partial charge in [-0.25, -0.2) is 0 Å². The summed E-state index contributed by atoms with van der Waals surface area (Å²) in [7, 11) is 4.11. The molecule has 0 saturated carbocycles. The van der Waals surface area contributed by atoms with Crippen LogP contribution in [0.1, 0.15) is 32.6 Å². The van der Waals surface area contributed by atoms with Crippen molar-refractivity contribution in [2.45, 2.75) is 32.6 Å². The lowest BCUT2D eigenvalue weighted by atomic mass is 10.0. The highest BCUT2D eigenvalue weighted by Gasteiger charge is 2.18. The Balaban J connectivity index is 2.28. The van der Waals surface area contributed by atoms with E-state index in [1.54, 1.807) is 0 Å². The molecule has 1 N–H and O–H groups in total. The van der Waals surface area contributed by atoms with E-state index >= 15 is 0 Å². The summed E-state index contributed by atoms with van der Waals surface area (Å²) in [5, 5.41) is 3.36. The van der Waals surface area contributed by atoms with Crippen molar-refractivity contribution in [1.29, 1.82) is 0 Å². The Morgan fingerprint density at radius 2 is 2.06 bits per heavy atom. The van der Waals surface area contributed by atoms with Crippen LogP contribution >= 0.6 is 0 Å². The van der Waals surface area contributed by atoms with E-state index in [0.717, 1.165) is 52.0 Å². The van der Waals surface area contributed by atoms with E-state index < -0.39 is 0 Å². The summed E-state index contributed by atoms with van der Waals surface area (Å²) in [5.74, 6) is 1.05. The minimum absolute atomic E-state index is 0.339. The number of rotatable bonds is 8. The Morgan fingerprint density at radius 1 is 1.28 bits per heavy atom. The van der Waals surface area contributed by atoms with Gasteiger partial charge in [0, 0.05) is 26.1 Å². The van der Waals surface area contributed by atoms with E-state index in [2.05, 4.69) is 31.2 Å². The van der Waals surface area contributed by atoms with Crippen molar-refractivity contribution < 1.29 is 4.79 Å². The lowest BCUT2D eigenvalue weighted by Gasteiger charge is -2.24. The Labute approximate surface area is 112 Å². The van der Waals surface area contributed by atoms with Gasteiger partial charge in [-0.05, 0) is 52.4 Å². The molecular weight excluding hydrogens is 226 g/mol. The van der Waals surface area contributed by atoms with Crippen LogP contribution in [0.25, 0.3) is 0 Å². The maximum atomic E-state index is 12.2. The first-order chi connectivity index (χ1) is 8.63. The molecule has 0 aromatic rings. The minimum atomic E-state index is 0.339. The fraction of sp³-hybridized carbons (Fsp3) is 0.929. The van der Waals surface area contributed by atoms with Crippen LogP contribution < -0.4 is 5.32 Å². The van der Waals surface area contributed by atoms with Crippen molar-refractivity contribution in [1.82, 2.24) is 15.1 Å². The van der Waals surface area contributed by atoms with Gasteiger partial charge in [0.05, 0.1) is 0 Å². The highest BCUT2D eigenvalue weighted by Crippen LogP contribution is 2.15. The van der Waals surface area contributed by atoms with Crippen molar-refractivity contribution in [3.8, 4) is 0 Å². The number of carbonyl (C=O) groups excluding carboxylic acids is 1. The van der Waals surface area contributed by atoms with E-state index in [4.69, 9.17) is 0 Å². The van der Waals surface area contributed by atoms with Gasteiger partial charge in [0.1, 0.15) is 0 Å². The number of amides is 1. The minimum Gasteiger partial charge on any atom is -0.341 e. The molecule has 1 aliphatic rings. The molecule has 0 aromatic heterocycles. The predicted octanol–water partition coefficient (Wildman–Crippen LogP) is 1.18. The van der Waals surface area contributed by atoms with Crippen molar-refractivity contribution in [2.24, 2.45) is 5.92 Å². The molecule has 4 heteroatoms. The van der Waals surface area contributed by atoms with Crippen LogP contribution in [0.5, 0.6) is 0 Å². The second-order valence-corrected chi connectivity index (χ2v) is 5.58. The molecule has 0 radical (unpaired) electrons. The first-order valence-electron chi connectivity index (χ1n) is 7.26. The van der Waals surface area contributed by atoms with Gasteiger partial charge < -0.3 is 15.1 Å². The number of hydrogen-bond donors (Lipinski definition) is 1. The third-order valence-corrected chi connectivity index (χ3v) is 3.59. The van der Waals surface area contributed by atoms with Crippen LogP contribution in [0, 0.1) is 5.92 Å². The molecule has 0 bridgehead atoms. The van der Waals surface area contributed by atoms with Gasteiger partial charge in [0.2, 0.25) is 5.91 Å².